The van der Waals surface area contributed by atoms with E-state index in [1.165, 1.54) is 0 Å². The lowest BCUT2D eigenvalue weighted by atomic mass is 10.1. The summed E-state index contributed by atoms with van der Waals surface area (Å²) in [7, 11) is 1.96. The number of nitrogens with zero attached hydrogens (tertiary/aromatic N) is 1. The molecule has 0 aliphatic heterocycles. The van der Waals surface area contributed by atoms with E-state index in [1.807, 2.05) is 7.05 Å². The van der Waals surface area contributed by atoms with Gasteiger partial charge in [0, 0.05) is 23.7 Å². The molecule has 0 bridgehead atoms. The first-order valence-corrected chi connectivity index (χ1v) is 5.61. The van der Waals surface area contributed by atoms with Crippen LogP contribution in [0.2, 0.25) is 0 Å². The molecule has 0 fully saturated rings. The van der Waals surface area contributed by atoms with Gasteiger partial charge in [-0.2, -0.15) is 0 Å². The molecular weight excluding hydrogens is 223 g/mol. The Morgan fingerprint density at radius 1 is 1.50 bits per heavy atom. The highest BCUT2D eigenvalue weighted by Crippen LogP contribution is 2.15. The number of rotatable bonds is 4. The van der Waals surface area contributed by atoms with Crippen molar-refractivity contribution in [3.63, 3.8) is 0 Å². The monoisotopic (exact) mass is 240 g/mol. The zero-order valence-electron chi connectivity index (χ0n) is 9.83. The van der Waals surface area contributed by atoms with Gasteiger partial charge in [0.15, 0.2) is 0 Å². The van der Waals surface area contributed by atoms with Gasteiger partial charge in [0.25, 0.3) is 0 Å². The van der Waals surface area contributed by atoms with Crippen LogP contribution in [-0.4, -0.2) is 23.0 Å². The first-order valence-electron chi connectivity index (χ1n) is 5.21. The fourth-order valence-electron chi connectivity index (χ4n) is 1.34. The first-order chi connectivity index (χ1) is 7.43. The van der Waals surface area contributed by atoms with E-state index < -0.39 is 0 Å². The van der Waals surface area contributed by atoms with Gasteiger partial charge >= 0.3 is 0 Å². The van der Waals surface area contributed by atoms with Crippen molar-refractivity contribution in [3.8, 4) is 0 Å². The van der Waals surface area contributed by atoms with Gasteiger partial charge < -0.3 is 5.73 Å². The van der Waals surface area contributed by atoms with Crippen molar-refractivity contribution < 1.29 is 4.39 Å². The Morgan fingerprint density at radius 2 is 2.12 bits per heavy atom. The smallest absolute Gasteiger partial charge is 0.137 e. The molecule has 4 heteroatoms. The van der Waals surface area contributed by atoms with Gasteiger partial charge in [-0.25, -0.2) is 4.39 Å². The van der Waals surface area contributed by atoms with Crippen LogP contribution in [0, 0.1) is 5.82 Å². The number of nitrogens with two attached hydrogens (primary N) is 1. The minimum atomic E-state index is -0.303. The van der Waals surface area contributed by atoms with Crippen molar-refractivity contribution in [3.05, 3.63) is 35.1 Å². The zero-order valence-corrected chi connectivity index (χ0v) is 10.6. The van der Waals surface area contributed by atoms with Crippen LogP contribution in [0.1, 0.15) is 25.0 Å². The van der Waals surface area contributed by atoms with Gasteiger partial charge in [0.05, 0.1) is 0 Å². The lowest BCUT2D eigenvalue weighted by molar-refractivity contribution is 0.262. The fraction of sp³-hybridized carbons (Fsp3) is 0.417. The van der Waals surface area contributed by atoms with Crippen LogP contribution in [0.15, 0.2) is 18.2 Å². The van der Waals surface area contributed by atoms with E-state index in [1.54, 1.807) is 18.2 Å². The topological polar surface area (TPSA) is 29.3 Å². The molecule has 1 rings (SSSR count). The van der Waals surface area contributed by atoms with E-state index in [-0.39, 0.29) is 10.8 Å². The lowest BCUT2D eigenvalue weighted by Crippen LogP contribution is -2.26. The van der Waals surface area contributed by atoms with Crippen LogP contribution >= 0.6 is 12.2 Å². The summed E-state index contributed by atoms with van der Waals surface area (Å²) in [6.45, 7) is 4.69. The molecule has 0 spiro atoms. The highest BCUT2D eigenvalue weighted by atomic mass is 32.1. The van der Waals surface area contributed by atoms with Crippen LogP contribution in [0.3, 0.4) is 0 Å². The predicted octanol–water partition coefficient (Wildman–Crippen LogP) is 2.30. The quantitative estimate of drug-likeness (QED) is 0.819. The number of hydrogen-bond acceptors (Lipinski definition) is 2. The Labute approximate surface area is 101 Å². The normalized spacial score (nSPS) is 11.1. The molecule has 0 aromatic heterocycles. The maximum Gasteiger partial charge on any atom is 0.137 e. The number of benzene rings is 1. The SMILES string of the molecule is CC(C)N(C)Cc1cccc(C(N)=S)c1F. The van der Waals surface area contributed by atoms with Crippen molar-refractivity contribution in [2.75, 3.05) is 7.05 Å². The van der Waals surface area contributed by atoms with E-state index in [9.17, 15) is 4.39 Å². The Bertz CT molecular complexity index is 391. The molecule has 0 saturated heterocycles. The average molecular weight is 240 g/mol. The molecule has 2 nitrogen and oxygen atoms in total. The Hall–Kier alpha value is -1.00. The molecule has 0 heterocycles. The van der Waals surface area contributed by atoms with Crippen LogP contribution < -0.4 is 5.73 Å². The summed E-state index contributed by atoms with van der Waals surface area (Å²) in [4.78, 5) is 2.16. The van der Waals surface area contributed by atoms with Crippen molar-refractivity contribution in [1.29, 1.82) is 0 Å². The summed E-state index contributed by atoms with van der Waals surface area (Å²) in [6, 6.07) is 5.51. The van der Waals surface area contributed by atoms with Gasteiger partial charge in [-0.15, -0.1) is 0 Å². The Morgan fingerprint density at radius 3 is 2.62 bits per heavy atom. The third kappa shape index (κ3) is 3.00. The van der Waals surface area contributed by atoms with Crippen molar-refractivity contribution in [2.24, 2.45) is 5.73 Å². The summed E-state index contributed by atoms with van der Waals surface area (Å²) >= 11 is 4.80. The van der Waals surface area contributed by atoms with Gasteiger partial charge in [-0.3, -0.25) is 4.90 Å². The predicted molar refractivity (Wildman–Crippen MR) is 68.9 cm³/mol. The third-order valence-electron chi connectivity index (χ3n) is 2.65. The van der Waals surface area contributed by atoms with Crippen LogP contribution in [0.4, 0.5) is 4.39 Å². The van der Waals surface area contributed by atoms with Gasteiger partial charge in [0.1, 0.15) is 10.8 Å². The van der Waals surface area contributed by atoms with E-state index in [0.717, 1.165) is 0 Å². The summed E-state index contributed by atoms with van der Waals surface area (Å²) in [5, 5.41) is 0. The summed E-state index contributed by atoms with van der Waals surface area (Å²) in [5.41, 5.74) is 6.40. The maximum absolute atomic E-state index is 14.0. The molecule has 16 heavy (non-hydrogen) atoms. The van der Waals surface area contributed by atoms with Crippen LogP contribution in [-0.2, 0) is 6.54 Å². The Kier molecular flexibility index (Phi) is 4.38. The average Bonchev–Trinajstić information content (AvgIpc) is 2.20. The molecule has 88 valence electrons. The zero-order chi connectivity index (χ0) is 12.3. The molecule has 0 aliphatic rings. The second-order valence-electron chi connectivity index (χ2n) is 4.15. The second kappa shape index (κ2) is 5.37. The van der Waals surface area contributed by atoms with Crippen LogP contribution in [0.25, 0.3) is 0 Å². The van der Waals surface area contributed by atoms with Crippen molar-refractivity contribution >= 4 is 17.2 Å². The first kappa shape index (κ1) is 13.1. The highest BCUT2D eigenvalue weighted by molar-refractivity contribution is 7.80. The number of thiocarbonyl (C=S) groups is 1. The fourth-order valence-corrected chi connectivity index (χ4v) is 1.50. The summed E-state index contributed by atoms with van der Waals surface area (Å²) in [5.74, 6) is -0.303. The minimum absolute atomic E-state index is 0.103. The van der Waals surface area contributed by atoms with Crippen LogP contribution in [0.5, 0.6) is 0 Å². The maximum atomic E-state index is 14.0. The molecule has 2 N–H and O–H groups in total. The number of halogens is 1. The molecule has 0 amide bonds. The standard InChI is InChI=1S/C12H17FN2S/c1-8(2)15(3)7-9-5-4-6-10(11(9)13)12(14)16/h4-6,8H,7H2,1-3H3,(H2,14,16). The molecular formula is C12H17FN2S. The Balaban J connectivity index is 2.98. The molecule has 0 saturated carbocycles. The summed E-state index contributed by atoms with van der Waals surface area (Å²) < 4.78 is 14.0. The molecule has 0 aliphatic carbocycles. The lowest BCUT2D eigenvalue weighted by Gasteiger charge is -2.21. The molecule has 0 atom stereocenters. The molecule has 0 unspecified atom stereocenters. The summed E-state index contributed by atoms with van der Waals surface area (Å²) in [6.07, 6.45) is 0. The van der Waals surface area contributed by atoms with Crippen molar-refractivity contribution in [1.82, 2.24) is 4.90 Å². The van der Waals surface area contributed by atoms with E-state index in [2.05, 4.69) is 18.7 Å². The molecule has 0 radical (unpaired) electrons. The highest BCUT2D eigenvalue weighted by Gasteiger charge is 2.12. The van der Waals surface area contributed by atoms with Crippen molar-refractivity contribution in [2.45, 2.75) is 26.4 Å². The largest absolute Gasteiger partial charge is 0.389 e. The van der Waals surface area contributed by atoms with E-state index in [0.29, 0.717) is 23.7 Å². The van der Waals surface area contributed by atoms with E-state index >= 15 is 0 Å². The van der Waals surface area contributed by atoms with Gasteiger partial charge in [-0.05, 0) is 27.0 Å². The minimum Gasteiger partial charge on any atom is -0.389 e. The van der Waals surface area contributed by atoms with E-state index in [4.69, 9.17) is 18.0 Å². The molecule has 1 aromatic rings. The third-order valence-corrected chi connectivity index (χ3v) is 2.87. The second-order valence-corrected chi connectivity index (χ2v) is 4.59. The van der Waals surface area contributed by atoms with Gasteiger partial charge in [-0.1, -0.05) is 24.4 Å². The molecule has 1 aromatic carbocycles. The van der Waals surface area contributed by atoms with Gasteiger partial charge in [0.2, 0.25) is 0 Å². The number of hydrogen-bond donors (Lipinski definition) is 1.